The summed E-state index contributed by atoms with van der Waals surface area (Å²) in [6, 6.07) is 14.7. The highest BCUT2D eigenvalue weighted by molar-refractivity contribution is 6.31. The molecule has 0 radical (unpaired) electrons. The maximum Gasteiger partial charge on any atom is 0.252 e. The van der Waals surface area contributed by atoms with Gasteiger partial charge in [-0.1, -0.05) is 41.9 Å². The smallest absolute Gasteiger partial charge is 0.252 e. The van der Waals surface area contributed by atoms with Gasteiger partial charge in [-0.25, -0.2) is 13.8 Å². The van der Waals surface area contributed by atoms with Crippen LogP contribution in [-0.2, 0) is 20.8 Å². The summed E-state index contributed by atoms with van der Waals surface area (Å²) in [5, 5.41) is 21.8. The summed E-state index contributed by atoms with van der Waals surface area (Å²) in [4.78, 5) is 48.4. The number of aliphatic hydroxyl groups is 1. The molecule has 2 N–H and O–H groups in total. The van der Waals surface area contributed by atoms with Crippen molar-refractivity contribution in [1.29, 1.82) is 5.26 Å². The largest absolute Gasteiger partial charge is 0.396 e. The van der Waals surface area contributed by atoms with Gasteiger partial charge in [0.2, 0.25) is 11.8 Å². The molecule has 1 aliphatic carbocycles. The van der Waals surface area contributed by atoms with Crippen LogP contribution in [0.5, 0.6) is 0 Å². The van der Waals surface area contributed by atoms with Gasteiger partial charge in [-0.2, -0.15) is 5.26 Å². The quantitative estimate of drug-likeness (QED) is 0.373. The Bertz CT molecular complexity index is 1590. The van der Waals surface area contributed by atoms with Crippen LogP contribution in [0.1, 0.15) is 48.4 Å². The topological polar surface area (TPSA) is 127 Å². The Balaban J connectivity index is 1.62. The number of nitrogens with one attached hydrogen (secondary N) is 1. The van der Waals surface area contributed by atoms with Gasteiger partial charge in [-0.05, 0) is 48.7 Å². The maximum atomic E-state index is 14.6. The molecule has 222 valence electrons. The average molecular weight is 608 g/mol. The molecule has 1 aliphatic heterocycles. The lowest BCUT2D eigenvalue weighted by molar-refractivity contribution is -0.133. The van der Waals surface area contributed by atoms with Gasteiger partial charge in [0, 0.05) is 54.4 Å². The van der Waals surface area contributed by atoms with Crippen LogP contribution in [0.25, 0.3) is 0 Å². The molecule has 0 spiro atoms. The fraction of sp³-hybridized carbons (Fsp3) is 0.323. The van der Waals surface area contributed by atoms with Crippen LogP contribution in [0.15, 0.2) is 66.9 Å². The molecule has 2 aliphatic rings. The van der Waals surface area contributed by atoms with Crippen molar-refractivity contribution in [3.05, 3.63) is 88.6 Å². The number of anilines is 2. The molecule has 12 heteroatoms. The zero-order chi connectivity index (χ0) is 30.7. The molecule has 43 heavy (non-hydrogen) atoms. The number of nitriles is 1. The minimum atomic E-state index is -2.89. The maximum absolute atomic E-state index is 14.6. The van der Waals surface area contributed by atoms with Crippen LogP contribution in [0, 0.1) is 11.3 Å². The van der Waals surface area contributed by atoms with Gasteiger partial charge in [0.25, 0.3) is 11.8 Å². The van der Waals surface area contributed by atoms with E-state index in [9.17, 15) is 33.5 Å². The van der Waals surface area contributed by atoms with Crippen molar-refractivity contribution in [1.82, 2.24) is 10.3 Å². The van der Waals surface area contributed by atoms with Crippen molar-refractivity contribution >= 4 is 40.8 Å². The molecular weight excluding hydrogens is 580 g/mol. The van der Waals surface area contributed by atoms with Crippen LogP contribution in [0.2, 0.25) is 5.02 Å². The Labute approximate surface area is 251 Å². The highest BCUT2D eigenvalue weighted by atomic mass is 35.5. The number of aliphatic hydroxyl groups excluding tert-OH is 1. The second-order valence-electron chi connectivity index (χ2n) is 10.6. The summed E-state index contributed by atoms with van der Waals surface area (Å²) in [6.45, 7) is -0.159. The molecule has 2 heterocycles. The number of nitrogens with zero attached hydrogens (tertiary/aromatic N) is 4. The molecule has 3 aromatic rings. The van der Waals surface area contributed by atoms with E-state index in [1.54, 1.807) is 48.5 Å². The minimum Gasteiger partial charge on any atom is -0.396 e. The lowest BCUT2D eigenvalue weighted by Gasteiger charge is -2.39. The average Bonchev–Trinajstić information content (AvgIpc) is 3.36. The Morgan fingerprint density at radius 2 is 1.95 bits per heavy atom. The van der Waals surface area contributed by atoms with Crippen LogP contribution in [0.4, 0.5) is 20.3 Å². The number of hydrogen-bond acceptors (Lipinski definition) is 6. The molecular formula is C31H28ClF2N5O4. The predicted octanol–water partition coefficient (Wildman–Crippen LogP) is 4.33. The number of carbonyl (C=O) groups is 3. The number of amides is 3. The molecule has 9 nitrogen and oxygen atoms in total. The lowest BCUT2D eigenvalue weighted by atomic mass is 9.87. The van der Waals surface area contributed by atoms with Gasteiger partial charge in [-0.15, -0.1) is 0 Å². The summed E-state index contributed by atoms with van der Waals surface area (Å²) in [6.07, 6.45) is 0.710. The van der Waals surface area contributed by atoms with Crippen molar-refractivity contribution in [2.24, 2.45) is 0 Å². The van der Waals surface area contributed by atoms with E-state index in [0.717, 1.165) is 0 Å². The van der Waals surface area contributed by atoms with E-state index in [2.05, 4.69) is 10.3 Å². The van der Waals surface area contributed by atoms with Crippen molar-refractivity contribution < 1.29 is 28.3 Å². The number of carbonyl (C=O) groups excluding carboxylic acids is 3. The summed E-state index contributed by atoms with van der Waals surface area (Å²) in [5.41, 5.74) is 1.47. The highest BCUT2D eigenvalue weighted by Crippen LogP contribution is 2.40. The molecule has 0 unspecified atom stereocenters. The van der Waals surface area contributed by atoms with Crippen molar-refractivity contribution in [2.75, 3.05) is 16.4 Å². The van der Waals surface area contributed by atoms with Crippen LogP contribution < -0.4 is 15.1 Å². The summed E-state index contributed by atoms with van der Waals surface area (Å²) in [5.74, 6) is -4.50. The third kappa shape index (κ3) is 6.35. The van der Waals surface area contributed by atoms with Crippen LogP contribution in [0.3, 0.4) is 0 Å². The van der Waals surface area contributed by atoms with E-state index in [0.29, 0.717) is 5.56 Å². The first kappa shape index (κ1) is 30.1. The van der Waals surface area contributed by atoms with Crippen molar-refractivity contribution in [2.45, 2.75) is 56.2 Å². The molecule has 1 saturated carbocycles. The third-order valence-electron chi connectivity index (χ3n) is 7.59. The molecule has 2 atom stereocenters. The zero-order valence-electron chi connectivity index (χ0n) is 22.9. The number of halogens is 3. The number of rotatable bonds is 9. The van der Waals surface area contributed by atoms with E-state index in [-0.39, 0.29) is 59.4 Å². The molecule has 1 saturated heterocycles. The zero-order valence-corrected chi connectivity index (χ0v) is 23.7. The number of aromatic nitrogens is 1. The Kier molecular flexibility index (Phi) is 8.71. The molecule has 0 bridgehead atoms. The molecule has 5 rings (SSSR count). The second kappa shape index (κ2) is 12.5. The third-order valence-corrected chi connectivity index (χ3v) is 7.93. The summed E-state index contributed by atoms with van der Waals surface area (Å²) < 4.78 is 27.3. The molecule has 2 aromatic carbocycles. The standard InChI is InChI=1S/C31H28ClF2N5O4/c32-24-7-2-1-6-23(24)28(29(42)37-21-16-31(33,34)17-21)38(22-5-3-4-19(14-22)11-13-40)30(43)25-8-9-27(41)39(25)26-15-20(18-35)10-12-36-26/h1-7,10,12,14-15,21,25,28,40H,8-9,11,13,16-17H2,(H,37,42)/t25-,28-/m0/s1. The number of benzene rings is 2. The molecule has 1 aromatic heterocycles. The van der Waals surface area contributed by atoms with Gasteiger partial charge in [0.1, 0.15) is 17.9 Å². The number of pyridine rings is 1. The van der Waals surface area contributed by atoms with Gasteiger partial charge in [0.05, 0.1) is 11.6 Å². The molecule has 2 fully saturated rings. The van der Waals surface area contributed by atoms with E-state index >= 15 is 0 Å². The van der Waals surface area contributed by atoms with Gasteiger partial charge >= 0.3 is 0 Å². The highest BCUT2D eigenvalue weighted by Gasteiger charge is 2.48. The van der Waals surface area contributed by atoms with Gasteiger partial charge in [-0.3, -0.25) is 24.2 Å². The first-order valence-electron chi connectivity index (χ1n) is 13.8. The fourth-order valence-corrected chi connectivity index (χ4v) is 5.76. The monoisotopic (exact) mass is 607 g/mol. The van der Waals surface area contributed by atoms with E-state index in [1.165, 1.54) is 28.1 Å². The van der Waals surface area contributed by atoms with E-state index < -0.39 is 48.7 Å². The summed E-state index contributed by atoms with van der Waals surface area (Å²) >= 11 is 6.57. The SMILES string of the molecule is N#Cc1ccnc(N2C(=O)CC[C@H]2C(=O)N(c2cccc(CCO)c2)[C@H](C(=O)NC2CC(F)(F)C2)c2ccccc2Cl)c1. The van der Waals surface area contributed by atoms with Crippen LogP contribution in [-0.4, -0.2) is 52.4 Å². The first-order chi connectivity index (χ1) is 20.6. The normalized spacial score (nSPS) is 18.4. The lowest BCUT2D eigenvalue weighted by Crippen LogP contribution is -2.56. The van der Waals surface area contributed by atoms with E-state index in [4.69, 9.17) is 11.6 Å². The van der Waals surface area contributed by atoms with Gasteiger partial charge in [0.15, 0.2) is 0 Å². The predicted molar refractivity (Wildman–Crippen MR) is 154 cm³/mol. The van der Waals surface area contributed by atoms with Crippen LogP contribution >= 0.6 is 11.6 Å². The fourth-order valence-electron chi connectivity index (χ4n) is 5.52. The Morgan fingerprint density at radius 3 is 2.65 bits per heavy atom. The molecule has 3 amide bonds. The second-order valence-corrected chi connectivity index (χ2v) is 11.0. The Morgan fingerprint density at radius 1 is 1.19 bits per heavy atom. The van der Waals surface area contributed by atoms with E-state index in [1.807, 2.05) is 6.07 Å². The van der Waals surface area contributed by atoms with Gasteiger partial charge < -0.3 is 10.4 Å². The number of hydrogen-bond donors (Lipinski definition) is 2. The Hall–Kier alpha value is -4.40. The summed E-state index contributed by atoms with van der Waals surface area (Å²) in [7, 11) is 0. The first-order valence-corrected chi connectivity index (χ1v) is 14.1. The number of alkyl halides is 2. The van der Waals surface area contributed by atoms with Crippen molar-refractivity contribution in [3.8, 4) is 6.07 Å². The minimum absolute atomic E-state index is 0.0212. The van der Waals surface area contributed by atoms with Crippen molar-refractivity contribution in [3.63, 3.8) is 0 Å².